The van der Waals surface area contributed by atoms with Crippen molar-refractivity contribution in [3.63, 3.8) is 0 Å². The van der Waals surface area contributed by atoms with Crippen molar-refractivity contribution < 1.29 is 23.4 Å². The number of rotatable bonds is 11. The van der Waals surface area contributed by atoms with Crippen LogP contribution in [-0.4, -0.2) is 12.6 Å². The molecule has 0 spiro atoms. The zero-order valence-corrected chi connectivity index (χ0v) is 18.3. The molecule has 0 saturated carbocycles. The summed E-state index contributed by atoms with van der Waals surface area (Å²) < 4.78 is 29.9. The van der Waals surface area contributed by atoms with Crippen molar-refractivity contribution >= 4 is 5.97 Å². The van der Waals surface area contributed by atoms with Crippen molar-refractivity contribution in [3.05, 3.63) is 59.2 Å². The van der Waals surface area contributed by atoms with E-state index in [0.29, 0.717) is 0 Å². The molecule has 0 saturated heterocycles. The Morgan fingerprint density at radius 3 is 2.39 bits per heavy atom. The molecule has 0 radical (unpaired) electrons. The van der Waals surface area contributed by atoms with E-state index in [1.165, 1.54) is 30.3 Å². The Hall–Kier alpha value is -2.78. The number of nitrogens with zero attached hydrogens (tertiary/aromatic N) is 1. The second-order valence-corrected chi connectivity index (χ2v) is 7.83. The number of unbranched alkanes of at least 4 members (excludes halogenated alkanes) is 4. The van der Waals surface area contributed by atoms with Crippen molar-refractivity contribution in [1.29, 1.82) is 5.26 Å². The minimum atomic E-state index is -0.979. The van der Waals surface area contributed by atoms with Gasteiger partial charge < -0.3 is 0 Å². The third-order valence-electron chi connectivity index (χ3n) is 5.15. The monoisotopic (exact) mass is 429 g/mol. The normalized spacial score (nSPS) is 11.9. The summed E-state index contributed by atoms with van der Waals surface area (Å²) in [4.78, 5) is 22.1. The van der Waals surface area contributed by atoms with E-state index >= 15 is 4.39 Å². The Kier molecular flexibility index (Phi) is 9.61. The van der Waals surface area contributed by atoms with Gasteiger partial charge >= 0.3 is 5.97 Å². The highest BCUT2D eigenvalue weighted by Gasteiger charge is 2.29. The van der Waals surface area contributed by atoms with Gasteiger partial charge in [0.1, 0.15) is 11.6 Å². The van der Waals surface area contributed by atoms with Crippen LogP contribution in [0.1, 0.15) is 74.7 Å². The second kappa shape index (κ2) is 12.2. The average molecular weight is 430 g/mol. The van der Waals surface area contributed by atoms with E-state index < -0.39 is 23.5 Å². The van der Waals surface area contributed by atoms with E-state index in [0.717, 1.165) is 32.1 Å². The van der Waals surface area contributed by atoms with Crippen molar-refractivity contribution in [1.82, 2.24) is 0 Å². The number of halogens is 2. The lowest BCUT2D eigenvalue weighted by Gasteiger charge is -2.20. The van der Waals surface area contributed by atoms with Crippen molar-refractivity contribution in [2.24, 2.45) is 5.92 Å². The van der Waals surface area contributed by atoms with Crippen molar-refractivity contribution in [2.75, 3.05) is 6.61 Å². The van der Waals surface area contributed by atoms with E-state index in [1.807, 2.05) is 0 Å². The number of nitriles is 1. The Bertz CT molecular complexity index is 921. The molecule has 0 amide bonds. The molecule has 2 rings (SSSR count). The van der Waals surface area contributed by atoms with Gasteiger partial charge in [-0.3, -0.25) is 4.89 Å². The molecule has 0 aliphatic rings. The number of carbonyl (C=O) groups excluding carboxylic acids is 1. The number of benzene rings is 2. The summed E-state index contributed by atoms with van der Waals surface area (Å²) in [6.45, 7) is 5.88. The van der Waals surface area contributed by atoms with Crippen LogP contribution in [0, 0.1) is 28.9 Å². The molecule has 4 nitrogen and oxygen atoms in total. The average Bonchev–Trinajstić information content (AvgIpc) is 2.74. The van der Waals surface area contributed by atoms with Gasteiger partial charge in [-0.15, -0.1) is 0 Å². The summed E-state index contributed by atoms with van der Waals surface area (Å²) in [6, 6.07) is 10.7. The van der Waals surface area contributed by atoms with E-state index in [9.17, 15) is 14.4 Å². The third-order valence-corrected chi connectivity index (χ3v) is 5.15. The maximum Gasteiger partial charge on any atom is 0.376 e. The maximum atomic E-state index is 15.5. The first-order valence-corrected chi connectivity index (χ1v) is 10.7. The smallest absolute Gasteiger partial charge is 0.293 e. The first-order chi connectivity index (χ1) is 14.9. The van der Waals surface area contributed by atoms with Crippen molar-refractivity contribution in [2.45, 2.75) is 58.8 Å². The topological polar surface area (TPSA) is 59.3 Å². The van der Waals surface area contributed by atoms with Crippen LogP contribution >= 0.6 is 0 Å². The standard InChI is InChI=1S/C25H29F2NO3/c1-4-5-6-7-10-15-30-31-25(29)20-14-13-19(18-11-8-9-12-22(18)26)23(24(20)27)21(16-28)17(2)3/h8-9,11-14,17,21H,4-7,10,15H2,1-3H3. The SMILES string of the molecule is CCCCCCCOOC(=O)c1ccc(-c2ccccc2F)c(C(C#N)C(C)C)c1F. The number of carbonyl (C=O) groups is 1. The van der Waals surface area contributed by atoms with Gasteiger partial charge in [-0.2, -0.15) is 10.1 Å². The predicted molar refractivity (Wildman–Crippen MR) is 115 cm³/mol. The molecule has 166 valence electrons. The van der Waals surface area contributed by atoms with Crippen LogP contribution in [0.3, 0.4) is 0 Å². The first kappa shape index (κ1) is 24.5. The third kappa shape index (κ3) is 6.35. The summed E-state index contributed by atoms with van der Waals surface area (Å²) in [5, 5.41) is 9.66. The highest BCUT2D eigenvalue weighted by molar-refractivity contribution is 5.91. The molecule has 0 bridgehead atoms. The van der Waals surface area contributed by atoms with Crippen LogP contribution < -0.4 is 0 Å². The quantitative estimate of drug-likeness (QED) is 0.220. The van der Waals surface area contributed by atoms with Gasteiger partial charge in [0.05, 0.1) is 24.2 Å². The molecule has 0 aromatic heterocycles. The summed E-state index contributed by atoms with van der Waals surface area (Å²) in [5.74, 6) is -3.53. The van der Waals surface area contributed by atoms with E-state index in [2.05, 4.69) is 13.0 Å². The van der Waals surface area contributed by atoms with E-state index in [4.69, 9.17) is 9.78 Å². The fourth-order valence-corrected chi connectivity index (χ4v) is 3.42. The lowest BCUT2D eigenvalue weighted by atomic mass is 9.83. The van der Waals surface area contributed by atoms with Gasteiger partial charge in [-0.25, -0.2) is 13.6 Å². The lowest BCUT2D eigenvalue weighted by Crippen LogP contribution is -2.15. The summed E-state index contributed by atoms with van der Waals surface area (Å²) in [5.41, 5.74) is 0.0448. The van der Waals surface area contributed by atoms with Gasteiger partial charge in [-0.1, -0.05) is 70.7 Å². The predicted octanol–water partition coefficient (Wildman–Crippen LogP) is 6.95. The summed E-state index contributed by atoms with van der Waals surface area (Å²) in [7, 11) is 0. The van der Waals surface area contributed by atoms with Crippen LogP contribution in [0.2, 0.25) is 0 Å². The molecule has 2 aromatic rings. The second-order valence-electron chi connectivity index (χ2n) is 7.83. The summed E-state index contributed by atoms with van der Waals surface area (Å²) >= 11 is 0. The minimum absolute atomic E-state index is 0.0170. The van der Waals surface area contributed by atoms with E-state index in [1.54, 1.807) is 19.9 Å². The highest BCUT2D eigenvalue weighted by atomic mass is 19.1. The minimum Gasteiger partial charge on any atom is -0.293 e. The maximum absolute atomic E-state index is 15.5. The lowest BCUT2D eigenvalue weighted by molar-refractivity contribution is -0.241. The van der Waals surface area contributed by atoms with Crippen LogP contribution in [-0.2, 0) is 9.78 Å². The van der Waals surface area contributed by atoms with Gasteiger partial charge in [0, 0.05) is 11.1 Å². The molecule has 6 heteroatoms. The zero-order valence-electron chi connectivity index (χ0n) is 18.3. The first-order valence-electron chi connectivity index (χ1n) is 10.7. The van der Waals surface area contributed by atoms with Crippen LogP contribution in [0.15, 0.2) is 36.4 Å². The van der Waals surface area contributed by atoms with Crippen LogP contribution in [0.25, 0.3) is 11.1 Å². The molecule has 1 atom stereocenters. The Morgan fingerprint density at radius 2 is 1.74 bits per heavy atom. The van der Waals surface area contributed by atoms with Gasteiger partial charge in [0.2, 0.25) is 0 Å². The van der Waals surface area contributed by atoms with Gasteiger partial charge in [0.15, 0.2) is 0 Å². The Labute approximate surface area is 182 Å². The number of hydrogen-bond donors (Lipinski definition) is 0. The molecular formula is C25H29F2NO3. The molecule has 31 heavy (non-hydrogen) atoms. The van der Waals surface area contributed by atoms with Crippen molar-refractivity contribution in [3.8, 4) is 17.2 Å². The fraction of sp³-hybridized carbons (Fsp3) is 0.440. The molecule has 0 fully saturated rings. The van der Waals surface area contributed by atoms with E-state index in [-0.39, 0.29) is 34.8 Å². The molecule has 0 N–H and O–H groups in total. The van der Waals surface area contributed by atoms with Gasteiger partial charge in [0.25, 0.3) is 0 Å². The molecule has 0 heterocycles. The summed E-state index contributed by atoms with van der Waals surface area (Å²) in [6.07, 6.45) is 5.03. The largest absolute Gasteiger partial charge is 0.376 e. The number of hydrogen-bond acceptors (Lipinski definition) is 4. The molecular weight excluding hydrogens is 400 g/mol. The molecule has 0 aliphatic heterocycles. The van der Waals surface area contributed by atoms with Crippen LogP contribution in [0.5, 0.6) is 0 Å². The molecule has 2 aromatic carbocycles. The molecule has 1 unspecified atom stereocenters. The molecule has 0 aliphatic carbocycles. The Morgan fingerprint density at radius 1 is 1.03 bits per heavy atom. The van der Waals surface area contributed by atoms with Gasteiger partial charge in [-0.05, 0) is 30.0 Å². The fourth-order valence-electron chi connectivity index (χ4n) is 3.42. The highest BCUT2D eigenvalue weighted by Crippen LogP contribution is 2.37. The zero-order chi connectivity index (χ0) is 22.8. The Balaban J connectivity index is 2.29. The van der Waals surface area contributed by atoms with Crippen LogP contribution in [0.4, 0.5) is 8.78 Å².